The van der Waals surface area contributed by atoms with Gasteiger partial charge in [-0.1, -0.05) is 12.1 Å². The van der Waals surface area contributed by atoms with E-state index in [1.54, 1.807) is 6.07 Å². The predicted molar refractivity (Wildman–Crippen MR) is 43.3 cm³/mol. The lowest BCUT2D eigenvalue weighted by Gasteiger charge is -1.99. The highest BCUT2D eigenvalue weighted by Gasteiger charge is 1.94. The summed E-state index contributed by atoms with van der Waals surface area (Å²) in [5, 5.41) is 9.10. The Bertz CT molecular complexity index is 200. The second kappa shape index (κ2) is 3.83. The molecule has 0 atom stereocenters. The highest BCUT2D eigenvalue weighted by molar-refractivity contribution is 5.75. The van der Waals surface area contributed by atoms with E-state index < -0.39 is 0 Å². The van der Waals surface area contributed by atoms with E-state index in [1.165, 1.54) is 0 Å². The van der Waals surface area contributed by atoms with Crippen LogP contribution in [0.2, 0.25) is 0 Å². The Kier molecular flexibility index (Phi) is 3.75. The molecule has 0 aliphatic heterocycles. The molecule has 2 heteroatoms. The minimum absolute atomic E-state index is 0. The zero-order valence-electron chi connectivity index (χ0n) is 6.39. The van der Waals surface area contributed by atoms with Crippen molar-refractivity contribution in [3.63, 3.8) is 0 Å². The molecule has 1 nitrogen and oxygen atoms in total. The summed E-state index contributed by atoms with van der Waals surface area (Å²) in [5.74, 6) is 0.384. The Labute approximate surface area is 77.2 Å². The van der Waals surface area contributed by atoms with Gasteiger partial charge in [0.15, 0.2) is 0 Å². The van der Waals surface area contributed by atoms with E-state index >= 15 is 0 Å². The zero-order chi connectivity index (χ0) is 6.85. The van der Waals surface area contributed by atoms with Gasteiger partial charge >= 0.3 is 0 Å². The summed E-state index contributed by atoms with van der Waals surface area (Å²) in [6.45, 7) is 3.89. The molecule has 0 saturated carbocycles. The lowest BCUT2D eigenvalue weighted by atomic mass is 10.1. The fourth-order valence-electron chi connectivity index (χ4n) is 0.736. The largest absolute Gasteiger partial charge is 0.508 e. The van der Waals surface area contributed by atoms with E-state index in [0.717, 1.165) is 11.1 Å². The van der Waals surface area contributed by atoms with Crippen molar-refractivity contribution >= 4 is 23.1 Å². The van der Waals surface area contributed by atoms with Crippen molar-refractivity contribution in [2.75, 3.05) is 0 Å². The highest BCUT2D eigenvalue weighted by atomic mass is 24.3. The molecule has 1 aromatic carbocycles. The molecule has 1 aromatic rings. The first-order valence-electron chi connectivity index (χ1n) is 2.97. The second-order valence-corrected chi connectivity index (χ2v) is 2.22. The topological polar surface area (TPSA) is 20.2 Å². The number of hydrogen-bond acceptors (Lipinski definition) is 1. The van der Waals surface area contributed by atoms with Gasteiger partial charge in [0.1, 0.15) is 5.75 Å². The quantitative estimate of drug-likeness (QED) is 0.552. The van der Waals surface area contributed by atoms with Gasteiger partial charge < -0.3 is 5.11 Å². The van der Waals surface area contributed by atoms with Crippen LogP contribution in [0.4, 0.5) is 0 Å². The predicted octanol–water partition coefficient (Wildman–Crippen LogP) is 1.63. The van der Waals surface area contributed by atoms with Crippen molar-refractivity contribution in [3.05, 3.63) is 29.3 Å². The molecule has 0 amide bonds. The van der Waals surface area contributed by atoms with E-state index in [-0.39, 0.29) is 23.1 Å². The molecular formula is C8H10MgO. The maximum absolute atomic E-state index is 9.10. The van der Waals surface area contributed by atoms with Crippen molar-refractivity contribution in [3.8, 4) is 5.75 Å². The van der Waals surface area contributed by atoms with Crippen molar-refractivity contribution in [2.24, 2.45) is 0 Å². The van der Waals surface area contributed by atoms with Crippen molar-refractivity contribution in [1.29, 1.82) is 0 Å². The average molecular weight is 146 g/mol. The van der Waals surface area contributed by atoms with Gasteiger partial charge in [-0.05, 0) is 31.0 Å². The summed E-state index contributed by atoms with van der Waals surface area (Å²) in [4.78, 5) is 0. The fraction of sp³-hybridized carbons (Fsp3) is 0.250. The number of benzene rings is 1. The number of aryl methyl sites for hydroxylation is 1. The number of hydrogen-bond donors (Lipinski definition) is 1. The molecule has 0 bridgehead atoms. The van der Waals surface area contributed by atoms with Crippen molar-refractivity contribution in [2.45, 2.75) is 13.8 Å². The molecule has 50 valence electrons. The van der Waals surface area contributed by atoms with Gasteiger partial charge in [0, 0.05) is 23.1 Å². The molecule has 0 fully saturated rings. The van der Waals surface area contributed by atoms with Gasteiger partial charge in [-0.3, -0.25) is 0 Å². The van der Waals surface area contributed by atoms with Crippen LogP contribution in [0.15, 0.2) is 18.2 Å². The lowest BCUT2D eigenvalue weighted by Crippen LogP contribution is -1.78. The molecule has 1 N–H and O–H groups in total. The molecule has 1 rings (SSSR count). The Morgan fingerprint density at radius 3 is 2.20 bits per heavy atom. The minimum Gasteiger partial charge on any atom is -0.508 e. The minimum atomic E-state index is 0. The van der Waals surface area contributed by atoms with Crippen LogP contribution in [-0.2, 0) is 0 Å². The second-order valence-electron chi connectivity index (χ2n) is 2.22. The van der Waals surface area contributed by atoms with Crippen LogP contribution in [0.1, 0.15) is 11.1 Å². The van der Waals surface area contributed by atoms with Crippen LogP contribution >= 0.6 is 0 Å². The van der Waals surface area contributed by atoms with Crippen LogP contribution in [0.25, 0.3) is 0 Å². The number of aromatic hydroxyl groups is 1. The van der Waals surface area contributed by atoms with Crippen LogP contribution in [0, 0.1) is 13.8 Å². The first-order valence-corrected chi connectivity index (χ1v) is 2.97. The van der Waals surface area contributed by atoms with Crippen molar-refractivity contribution < 1.29 is 5.11 Å². The molecule has 10 heavy (non-hydrogen) atoms. The van der Waals surface area contributed by atoms with Crippen LogP contribution in [-0.4, -0.2) is 28.2 Å². The van der Waals surface area contributed by atoms with Gasteiger partial charge in [-0.15, -0.1) is 0 Å². The lowest BCUT2D eigenvalue weighted by molar-refractivity contribution is 0.470. The van der Waals surface area contributed by atoms with E-state index in [0.29, 0.717) is 5.75 Å². The summed E-state index contributed by atoms with van der Waals surface area (Å²) in [6, 6.07) is 5.52. The van der Waals surface area contributed by atoms with Crippen molar-refractivity contribution in [1.82, 2.24) is 0 Å². The van der Waals surface area contributed by atoms with Gasteiger partial charge in [0.2, 0.25) is 0 Å². The standard InChI is InChI=1S/C8H10O.Mg/c1-6-4-3-5-8(9)7(6)2;/h3-5,9H,1-2H3;. The molecule has 0 spiro atoms. The summed E-state index contributed by atoms with van der Waals surface area (Å²) >= 11 is 0. The smallest absolute Gasteiger partial charge is 0.118 e. The maximum atomic E-state index is 9.10. The normalized spacial score (nSPS) is 8.60. The highest BCUT2D eigenvalue weighted by Crippen LogP contribution is 2.17. The molecular weight excluding hydrogens is 136 g/mol. The molecule has 0 aliphatic rings. The van der Waals surface area contributed by atoms with E-state index in [9.17, 15) is 0 Å². The molecule has 0 unspecified atom stereocenters. The Morgan fingerprint density at radius 2 is 1.80 bits per heavy atom. The first kappa shape index (κ1) is 9.79. The third kappa shape index (κ3) is 1.89. The van der Waals surface area contributed by atoms with Crippen LogP contribution < -0.4 is 0 Å². The van der Waals surface area contributed by atoms with Gasteiger partial charge in [0.05, 0.1) is 0 Å². The Morgan fingerprint density at radius 1 is 1.20 bits per heavy atom. The van der Waals surface area contributed by atoms with E-state index in [1.807, 2.05) is 26.0 Å². The number of phenols is 1. The third-order valence-corrected chi connectivity index (χ3v) is 1.58. The fourth-order valence-corrected chi connectivity index (χ4v) is 0.736. The first-order chi connectivity index (χ1) is 4.22. The summed E-state index contributed by atoms with van der Waals surface area (Å²) in [7, 11) is 0. The SMILES string of the molecule is Cc1cccc(O)c1C.[Mg]. The molecule has 0 aromatic heterocycles. The molecule has 0 saturated heterocycles. The monoisotopic (exact) mass is 146 g/mol. The van der Waals surface area contributed by atoms with E-state index in [2.05, 4.69) is 0 Å². The molecule has 0 aliphatic carbocycles. The van der Waals surface area contributed by atoms with E-state index in [4.69, 9.17) is 5.11 Å². The summed E-state index contributed by atoms with van der Waals surface area (Å²) in [6.07, 6.45) is 0. The molecule has 0 heterocycles. The van der Waals surface area contributed by atoms with Crippen LogP contribution in [0.3, 0.4) is 0 Å². The van der Waals surface area contributed by atoms with Gasteiger partial charge in [-0.25, -0.2) is 0 Å². The molecule has 2 radical (unpaired) electrons. The van der Waals surface area contributed by atoms with Gasteiger partial charge in [-0.2, -0.15) is 0 Å². The Hall–Kier alpha value is -0.214. The summed E-state index contributed by atoms with van der Waals surface area (Å²) in [5.41, 5.74) is 2.10. The van der Waals surface area contributed by atoms with Crippen LogP contribution in [0.5, 0.6) is 5.75 Å². The third-order valence-electron chi connectivity index (χ3n) is 1.58. The average Bonchev–Trinajstić information content (AvgIpc) is 1.83. The Balaban J connectivity index is 0.000000810. The van der Waals surface area contributed by atoms with Gasteiger partial charge in [0.25, 0.3) is 0 Å². The summed E-state index contributed by atoms with van der Waals surface area (Å²) < 4.78 is 0. The zero-order valence-corrected chi connectivity index (χ0v) is 7.80. The number of rotatable bonds is 0. The number of phenolic OH excluding ortho intramolecular Hbond substituents is 1. The maximum Gasteiger partial charge on any atom is 0.118 e.